The predicted molar refractivity (Wildman–Crippen MR) is 96.5 cm³/mol. The second-order valence-corrected chi connectivity index (χ2v) is 5.87. The maximum Gasteiger partial charge on any atom is 0.244 e. The van der Waals surface area contributed by atoms with Crippen molar-refractivity contribution in [2.24, 2.45) is 0 Å². The summed E-state index contributed by atoms with van der Waals surface area (Å²) >= 11 is 0. The molecule has 0 radical (unpaired) electrons. The molecule has 1 saturated heterocycles. The van der Waals surface area contributed by atoms with Crippen LogP contribution >= 0.6 is 0 Å². The Hall–Kier alpha value is -2.01. The highest BCUT2D eigenvalue weighted by Gasteiger charge is 2.09. The van der Waals surface area contributed by atoms with Crippen molar-refractivity contribution in [1.82, 2.24) is 10.2 Å². The lowest BCUT2D eigenvalue weighted by Gasteiger charge is -2.26. The van der Waals surface area contributed by atoms with Crippen molar-refractivity contribution in [3.8, 4) is 11.5 Å². The van der Waals surface area contributed by atoms with E-state index in [2.05, 4.69) is 10.2 Å². The van der Waals surface area contributed by atoms with E-state index in [-0.39, 0.29) is 5.91 Å². The summed E-state index contributed by atoms with van der Waals surface area (Å²) in [5, 5.41) is 2.94. The first kappa shape index (κ1) is 18.3. The number of nitrogens with zero attached hydrogens (tertiary/aromatic N) is 1. The Morgan fingerprint density at radius 3 is 2.75 bits per heavy atom. The summed E-state index contributed by atoms with van der Waals surface area (Å²) in [6.45, 7) is 6.42. The van der Waals surface area contributed by atoms with Gasteiger partial charge in [0.1, 0.15) is 0 Å². The summed E-state index contributed by atoms with van der Waals surface area (Å²) in [7, 11) is 1.61. The van der Waals surface area contributed by atoms with Gasteiger partial charge >= 0.3 is 0 Å². The van der Waals surface area contributed by atoms with Crippen LogP contribution in [0.15, 0.2) is 24.3 Å². The van der Waals surface area contributed by atoms with E-state index >= 15 is 0 Å². The Labute approximate surface area is 144 Å². The first-order valence-electron chi connectivity index (χ1n) is 8.72. The molecule has 0 unspecified atom stereocenters. The van der Waals surface area contributed by atoms with Crippen molar-refractivity contribution in [2.75, 3.05) is 39.9 Å². The van der Waals surface area contributed by atoms with E-state index in [0.29, 0.717) is 24.7 Å². The highest BCUT2D eigenvalue weighted by Crippen LogP contribution is 2.28. The molecule has 0 saturated carbocycles. The molecule has 0 aliphatic carbocycles. The first-order chi connectivity index (χ1) is 11.7. The lowest BCUT2D eigenvalue weighted by atomic mass is 10.1. The molecule has 0 aromatic heterocycles. The molecule has 1 aromatic carbocycles. The highest BCUT2D eigenvalue weighted by atomic mass is 16.5. The molecule has 0 spiro atoms. The minimum atomic E-state index is -0.0687. The molecular formula is C19H28N2O3. The van der Waals surface area contributed by atoms with Gasteiger partial charge in [-0.05, 0) is 56.6 Å². The summed E-state index contributed by atoms with van der Waals surface area (Å²) in [6, 6.07) is 5.62. The first-order valence-corrected chi connectivity index (χ1v) is 8.72. The molecular weight excluding hydrogens is 304 g/mol. The van der Waals surface area contributed by atoms with Crippen LogP contribution in [0.2, 0.25) is 0 Å². The van der Waals surface area contributed by atoms with Crippen LogP contribution in [-0.4, -0.2) is 50.7 Å². The fourth-order valence-electron chi connectivity index (χ4n) is 2.82. The van der Waals surface area contributed by atoms with E-state index in [1.54, 1.807) is 19.3 Å². The van der Waals surface area contributed by atoms with Gasteiger partial charge < -0.3 is 19.7 Å². The molecule has 2 rings (SSSR count). The molecule has 1 fully saturated rings. The molecule has 1 amide bonds. The largest absolute Gasteiger partial charge is 0.493 e. The number of ether oxygens (including phenoxy) is 2. The molecule has 1 aliphatic rings. The zero-order valence-electron chi connectivity index (χ0n) is 14.7. The lowest BCUT2D eigenvalue weighted by molar-refractivity contribution is -0.116. The van der Waals surface area contributed by atoms with Crippen LogP contribution < -0.4 is 14.8 Å². The number of likely N-dealkylation sites (tertiary alicyclic amines) is 1. The molecule has 5 nitrogen and oxygen atoms in total. The van der Waals surface area contributed by atoms with Crippen LogP contribution in [0.25, 0.3) is 6.08 Å². The number of rotatable bonds is 8. The van der Waals surface area contributed by atoms with Crippen LogP contribution in [0.4, 0.5) is 0 Å². The third kappa shape index (κ3) is 5.89. The number of piperidine rings is 1. The second-order valence-electron chi connectivity index (χ2n) is 5.87. The minimum absolute atomic E-state index is 0.0687. The smallest absolute Gasteiger partial charge is 0.244 e. The fraction of sp³-hybridized carbons (Fsp3) is 0.526. The Balaban J connectivity index is 1.81. The Morgan fingerprint density at radius 1 is 1.25 bits per heavy atom. The molecule has 1 N–H and O–H groups in total. The van der Waals surface area contributed by atoms with E-state index in [1.807, 2.05) is 25.1 Å². The number of carbonyl (C=O) groups is 1. The number of amides is 1. The number of carbonyl (C=O) groups excluding carboxylic acids is 1. The number of benzene rings is 1. The van der Waals surface area contributed by atoms with Crippen LogP contribution in [0.1, 0.15) is 31.7 Å². The predicted octanol–water partition coefficient (Wildman–Crippen LogP) is 2.71. The maximum atomic E-state index is 11.9. The van der Waals surface area contributed by atoms with Crippen molar-refractivity contribution >= 4 is 12.0 Å². The average molecular weight is 332 g/mol. The van der Waals surface area contributed by atoms with Gasteiger partial charge in [-0.3, -0.25) is 4.79 Å². The average Bonchev–Trinajstić information content (AvgIpc) is 2.61. The van der Waals surface area contributed by atoms with Crippen molar-refractivity contribution in [1.29, 1.82) is 0 Å². The monoisotopic (exact) mass is 332 g/mol. The SMILES string of the molecule is CCOc1cc(/C=C/C(=O)NCCN2CCCCC2)ccc1OC. The van der Waals surface area contributed by atoms with Gasteiger partial charge in [-0.15, -0.1) is 0 Å². The molecule has 1 heterocycles. The summed E-state index contributed by atoms with van der Waals surface area (Å²) in [6.07, 6.45) is 7.23. The quantitative estimate of drug-likeness (QED) is 0.744. The van der Waals surface area contributed by atoms with Gasteiger partial charge in [0.25, 0.3) is 0 Å². The van der Waals surface area contributed by atoms with Gasteiger partial charge in [-0.25, -0.2) is 0 Å². The Kier molecular flexibility index (Phi) is 7.62. The van der Waals surface area contributed by atoms with E-state index in [1.165, 1.54) is 19.3 Å². The zero-order chi connectivity index (χ0) is 17.2. The van der Waals surface area contributed by atoms with Gasteiger partial charge in [-0.1, -0.05) is 12.5 Å². The van der Waals surface area contributed by atoms with Crippen LogP contribution in [0.3, 0.4) is 0 Å². The molecule has 1 aromatic rings. The molecule has 0 atom stereocenters. The number of nitrogens with one attached hydrogen (secondary N) is 1. The summed E-state index contributed by atoms with van der Waals surface area (Å²) < 4.78 is 10.8. The van der Waals surface area contributed by atoms with Gasteiger partial charge in [0.2, 0.25) is 5.91 Å². The zero-order valence-corrected chi connectivity index (χ0v) is 14.7. The second kappa shape index (κ2) is 9.98. The molecule has 1 aliphatic heterocycles. The third-order valence-corrected chi connectivity index (χ3v) is 4.09. The van der Waals surface area contributed by atoms with Crippen molar-refractivity contribution < 1.29 is 14.3 Å². The summed E-state index contributed by atoms with van der Waals surface area (Å²) in [5.74, 6) is 1.31. The van der Waals surface area contributed by atoms with Gasteiger partial charge in [-0.2, -0.15) is 0 Å². The van der Waals surface area contributed by atoms with Gasteiger partial charge in [0, 0.05) is 19.2 Å². The number of methoxy groups -OCH3 is 1. The van der Waals surface area contributed by atoms with Crippen molar-refractivity contribution in [3.63, 3.8) is 0 Å². The maximum absolute atomic E-state index is 11.9. The van der Waals surface area contributed by atoms with E-state index in [9.17, 15) is 4.79 Å². The van der Waals surface area contributed by atoms with Crippen molar-refractivity contribution in [2.45, 2.75) is 26.2 Å². The van der Waals surface area contributed by atoms with Crippen LogP contribution in [0, 0.1) is 0 Å². The highest BCUT2D eigenvalue weighted by molar-refractivity contribution is 5.91. The van der Waals surface area contributed by atoms with E-state index in [0.717, 1.165) is 25.2 Å². The van der Waals surface area contributed by atoms with Crippen molar-refractivity contribution in [3.05, 3.63) is 29.8 Å². The Bertz CT molecular complexity index is 552. The molecule has 0 bridgehead atoms. The summed E-state index contributed by atoms with van der Waals surface area (Å²) in [5.41, 5.74) is 0.908. The molecule has 5 heteroatoms. The standard InChI is InChI=1S/C19H28N2O3/c1-3-24-18-15-16(7-9-17(18)23-2)8-10-19(22)20-11-14-21-12-5-4-6-13-21/h7-10,15H,3-6,11-14H2,1-2H3,(H,20,22)/b10-8+. The minimum Gasteiger partial charge on any atom is -0.493 e. The van der Waals surface area contributed by atoms with Crippen LogP contribution in [-0.2, 0) is 4.79 Å². The topological polar surface area (TPSA) is 50.8 Å². The van der Waals surface area contributed by atoms with Gasteiger partial charge in [0.15, 0.2) is 11.5 Å². The number of hydrogen-bond donors (Lipinski definition) is 1. The van der Waals surface area contributed by atoms with E-state index < -0.39 is 0 Å². The number of hydrogen-bond acceptors (Lipinski definition) is 4. The van der Waals surface area contributed by atoms with Gasteiger partial charge in [0.05, 0.1) is 13.7 Å². The Morgan fingerprint density at radius 2 is 2.04 bits per heavy atom. The van der Waals surface area contributed by atoms with E-state index in [4.69, 9.17) is 9.47 Å². The third-order valence-electron chi connectivity index (χ3n) is 4.09. The fourth-order valence-corrected chi connectivity index (χ4v) is 2.82. The molecule has 132 valence electrons. The lowest BCUT2D eigenvalue weighted by Crippen LogP contribution is -2.37. The normalized spacial score (nSPS) is 15.4. The van der Waals surface area contributed by atoms with Crippen LogP contribution in [0.5, 0.6) is 11.5 Å². The summed E-state index contributed by atoms with van der Waals surface area (Å²) in [4.78, 5) is 14.3. The molecule has 24 heavy (non-hydrogen) atoms.